The number of halogens is 1. The van der Waals surface area contributed by atoms with E-state index in [2.05, 4.69) is 15.9 Å². The molecule has 1 aromatic carbocycles. The second kappa shape index (κ2) is 5.81. The van der Waals surface area contributed by atoms with E-state index >= 15 is 0 Å². The summed E-state index contributed by atoms with van der Waals surface area (Å²) >= 11 is 3.24. The van der Waals surface area contributed by atoms with Gasteiger partial charge in [-0.25, -0.2) is 8.42 Å². The highest BCUT2D eigenvalue weighted by Gasteiger charge is 2.26. The molecule has 0 atom stereocenters. The molecular formula is C11H15BrN2O3S. The fourth-order valence-electron chi connectivity index (χ4n) is 1.53. The van der Waals surface area contributed by atoms with Gasteiger partial charge in [-0.1, -0.05) is 28.9 Å². The van der Waals surface area contributed by atoms with Crippen molar-refractivity contribution in [1.29, 1.82) is 0 Å². The van der Waals surface area contributed by atoms with Crippen LogP contribution >= 0.6 is 15.9 Å². The van der Waals surface area contributed by atoms with Crippen LogP contribution in [-0.4, -0.2) is 31.7 Å². The maximum atomic E-state index is 12.4. The molecule has 0 heterocycles. The van der Waals surface area contributed by atoms with Gasteiger partial charge in [0.05, 0.1) is 11.4 Å². The number of benzene rings is 1. The molecule has 0 aliphatic rings. The van der Waals surface area contributed by atoms with Gasteiger partial charge in [-0.05, 0) is 24.6 Å². The number of rotatable bonds is 5. The van der Waals surface area contributed by atoms with Crippen molar-refractivity contribution < 1.29 is 13.2 Å². The van der Waals surface area contributed by atoms with Crippen molar-refractivity contribution in [2.75, 3.05) is 13.1 Å². The summed E-state index contributed by atoms with van der Waals surface area (Å²) in [5.41, 5.74) is 5.68. The maximum Gasteiger partial charge on any atom is 0.243 e. The smallest absolute Gasteiger partial charge is 0.243 e. The number of nitrogens with two attached hydrogens (primary N) is 1. The molecule has 5 nitrogen and oxygen atoms in total. The minimum absolute atomic E-state index is 0.181. The first-order valence-corrected chi connectivity index (χ1v) is 7.57. The molecule has 1 amide bonds. The average molecular weight is 335 g/mol. The van der Waals surface area contributed by atoms with Crippen LogP contribution in [0.2, 0.25) is 0 Å². The third-order valence-electron chi connectivity index (χ3n) is 2.45. The minimum atomic E-state index is -3.70. The Morgan fingerprint density at radius 3 is 2.56 bits per heavy atom. The molecule has 100 valence electrons. The first-order valence-electron chi connectivity index (χ1n) is 5.33. The molecule has 0 aliphatic carbocycles. The van der Waals surface area contributed by atoms with E-state index in [4.69, 9.17) is 5.73 Å². The summed E-state index contributed by atoms with van der Waals surface area (Å²) < 4.78 is 26.5. The SMILES string of the molecule is CCN(CC(N)=O)S(=O)(=O)c1cc(Br)ccc1C. The van der Waals surface area contributed by atoms with Gasteiger partial charge in [-0.15, -0.1) is 0 Å². The van der Waals surface area contributed by atoms with Gasteiger partial charge < -0.3 is 5.73 Å². The van der Waals surface area contributed by atoms with Crippen LogP contribution < -0.4 is 5.73 Å². The summed E-state index contributed by atoms with van der Waals surface area (Å²) in [6.45, 7) is 3.24. The molecule has 0 bridgehead atoms. The fourth-order valence-corrected chi connectivity index (χ4v) is 3.71. The Morgan fingerprint density at radius 1 is 1.44 bits per heavy atom. The zero-order chi connectivity index (χ0) is 13.9. The number of carbonyl (C=O) groups excluding carboxylic acids is 1. The minimum Gasteiger partial charge on any atom is -0.369 e. The molecule has 0 saturated heterocycles. The predicted molar refractivity (Wildman–Crippen MR) is 72.5 cm³/mol. The summed E-state index contributed by atoms with van der Waals surface area (Å²) in [6.07, 6.45) is 0. The summed E-state index contributed by atoms with van der Waals surface area (Å²) in [4.78, 5) is 11.1. The van der Waals surface area contributed by atoms with Gasteiger partial charge in [0.15, 0.2) is 0 Å². The molecule has 2 N–H and O–H groups in total. The average Bonchev–Trinajstić information content (AvgIpc) is 2.28. The van der Waals surface area contributed by atoms with Gasteiger partial charge in [0.1, 0.15) is 0 Å². The number of amides is 1. The van der Waals surface area contributed by atoms with Gasteiger partial charge in [0, 0.05) is 11.0 Å². The molecule has 1 rings (SSSR count). The zero-order valence-corrected chi connectivity index (χ0v) is 12.6. The van der Waals surface area contributed by atoms with Crippen molar-refractivity contribution >= 4 is 31.9 Å². The molecule has 1 aromatic rings. The van der Waals surface area contributed by atoms with Crippen molar-refractivity contribution in [2.45, 2.75) is 18.7 Å². The Hall–Kier alpha value is -0.920. The lowest BCUT2D eigenvalue weighted by atomic mass is 10.2. The summed E-state index contributed by atoms with van der Waals surface area (Å²) in [7, 11) is -3.70. The molecule has 0 saturated carbocycles. The van der Waals surface area contributed by atoms with Crippen molar-refractivity contribution in [3.05, 3.63) is 28.2 Å². The number of hydrogen-bond donors (Lipinski definition) is 1. The molecule has 7 heteroatoms. The number of aryl methyl sites for hydroxylation is 1. The lowest BCUT2D eigenvalue weighted by Gasteiger charge is -2.20. The van der Waals surface area contributed by atoms with Crippen LogP contribution in [0.3, 0.4) is 0 Å². The lowest BCUT2D eigenvalue weighted by Crippen LogP contribution is -2.38. The van der Waals surface area contributed by atoms with Gasteiger partial charge in [-0.2, -0.15) is 4.31 Å². The highest BCUT2D eigenvalue weighted by molar-refractivity contribution is 9.10. The normalized spacial score (nSPS) is 11.8. The van der Waals surface area contributed by atoms with Crippen molar-refractivity contribution in [1.82, 2.24) is 4.31 Å². The first-order chi connectivity index (χ1) is 8.28. The van der Waals surface area contributed by atoms with Crippen LogP contribution in [0, 0.1) is 6.92 Å². The lowest BCUT2D eigenvalue weighted by molar-refractivity contribution is -0.118. The molecule has 0 spiro atoms. The standard InChI is InChI=1S/C11H15BrN2O3S/c1-3-14(7-11(13)15)18(16,17)10-6-9(12)5-4-8(10)2/h4-6H,3,7H2,1-2H3,(H2,13,15). The number of nitrogens with zero attached hydrogens (tertiary/aromatic N) is 1. The van der Waals surface area contributed by atoms with Crippen LogP contribution in [0.1, 0.15) is 12.5 Å². The second-order valence-electron chi connectivity index (χ2n) is 3.81. The van der Waals surface area contributed by atoms with Crippen LogP contribution in [0.4, 0.5) is 0 Å². The number of primary amides is 1. The van der Waals surface area contributed by atoms with E-state index in [1.165, 1.54) is 6.07 Å². The number of hydrogen-bond acceptors (Lipinski definition) is 3. The third kappa shape index (κ3) is 3.30. The van der Waals surface area contributed by atoms with E-state index in [-0.39, 0.29) is 18.0 Å². The van der Waals surface area contributed by atoms with Crippen LogP contribution in [-0.2, 0) is 14.8 Å². The van der Waals surface area contributed by atoms with Crippen LogP contribution in [0.5, 0.6) is 0 Å². The molecule has 18 heavy (non-hydrogen) atoms. The Balaban J connectivity index is 3.26. The highest BCUT2D eigenvalue weighted by atomic mass is 79.9. The van der Waals surface area contributed by atoms with Crippen molar-refractivity contribution in [3.63, 3.8) is 0 Å². The summed E-state index contributed by atoms with van der Waals surface area (Å²) in [5, 5.41) is 0. The van der Waals surface area contributed by atoms with Gasteiger partial charge in [-0.3, -0.25) is 4.79 Å². The molecule has 0 radical (unpaired) electrons. The molecular weight excluding hydrogens is 320 g/mol. The van der Waals surface area contributed by atoms with Crippen LogP contribution in [0.15, 0.2) is 27.6 Å². The maximum absolute atomic E-state index is 12.4. The van der Waals surface area contributed by atoms with Crippen LogP contribution in [0.25, 0.3) is 0 Å². The monoisotopic (exact) mass is 334 g/mol. The fraction of sp³-hybridized carbons (Fsp3) is 0.364. The Morgan fingerprint density at radius 2 is 2.06 bits per heavy atom. The Labute approximate surface area is 115 Å². The Bertz CT molecular complexity index is 557. The predicted octanol–water partition coefficient (Wildman–Crippen LogP) is 1.25. The first kappa shape index (κ1) is 15.1. The molecule has 0 unspecified atom stereocenters. The van der Waals surface area contributed by atoms with E-state index in [0.29, 0.717) is 10.0 Å². The van der Waals surface area contributed by atoms with E-state index in [1.54, 1.807) is 26.0 Å². The van der Waals surface area contributed by atoms with Crippen molar-refractivity contribution in [2.24, 2.45) is 5.73 Å². The second-order valence-corrected chi connectivity index (χ2v) is 6.63. The van der Waals surface area contributed by atoms with Crippen molar-refractivity contribution in [3.8, 4) is 0 Å². The number of likely N-dealkylation sites (N-methyl/N-ethyl adjacent to an activating group) is 1. The van der Waals surface area contributed by atoms with Gasteiger partial charge in [0.2, 0.25) is 15.9 Å². The van der Waals surface area contributed by atoms with E-state index in [1.807, 2.05) is 0 Å². The number of sulfonamides is 1. The third-order valence-corrected chi connectivity index (χ3v) is 5.01. The summed E-state index contributed by atoms with van der Waals surface area (Å²) in [5.74, 6) is -0.673. The van der Waals surface area contributed by atoms with Gasteiger partial charge >= 0.3 is 0 Å². The van der Waals surface area contributed by atoms with E-state index < -0.39 is 15.9 Å². The van der Waals surface area contributed by atoms with E-state index in [0.717, 1.165) is 4.31 Å². The largest absolute Gasteiger partial charge is 0.369 e. The zero-order valence-electron chi connectivity index (χ0n) is 10.2. The van der Waals surface area contributed by atoms with Gasteiger partial charge in [0.25, 0.3) is 0 Å². The molecule has 0 fully saturated rings. The topological polar surface area (TPSA) is 80.5 Å². The quantitative estimate of drug-likeness (QED) is 0.879. The number of carbonyl (C=O) groups is 1. The highest BCUT2D eigenvalue weighted by Crippen LogP contribution is 2.23. The summed E-state index contributed by atoms with van der Waals surface area (Å²) in [6, 6.07) is 4.99. The van der Waals surface area contributed by atoms with E-state index in [9.17, 15) is 13.2 Å². The molecule has 0 aromatic heterocycles. The Kier molecular flexibility index (Phi) is 4.89. The molecule has 0 aliphatic heterocycles.